The van der Waals surface area contributed by atoms with E-state index in [1.165, 1.54) is 7.11 Å². The molecule has 0 amide bonds. The van der Waals surface area contributed by atoms with Gasteiger partial charge < -0.3 is 14.7 Å². The van der Waals surface area contributed by atoms with Gasteiger partial charge in [-0.15, -0.1) is 0 Å². The van der Waals surface area contributed by atoms with Crippen LogP contribution in [0.3, 0.4) is 0 Å². The zero-order valence-corrected chi connectivity index (χ0v) is 12.4. The number of aromatic nitrogens is 1. The number of aliphatic hydroxyl groups is 1. The minimum Gasteiger partial charge on any atom is -0.480 e. The molecule has 5 nitrogen and oxygen atoms in total. The molecule has 3 rings (SSSR count). The third kappa shape index (κ3) is 2.34. The van der Waals surface area contributed by atoms with E-state index in [9.17, 15) is 10.4 Å². The zero-order chi connectivity index (χ0) is 14.9. The van der Waals surface area contributed by atoms with Gasteiger partial charge >= 0.3 is 0 Å². The lowest BCUT2D eigenvalue weighted by Crippen LogP contribution is -2.47. The summed E-state index contributed by atoms with van der Waals surface area (Å²) < 4.78 is 5.20. The molecule has 1 aliphatic carbocycles. The summed E-state index contributed by atoms with van der Waals surface area (Å²) >= 11 is 0. The van der Waals surface area contributed by atoms with E-state index in [0.717, 1.165) is 50.9 Å². The molecule has 1 saturated heterocycles. The van der Waals surface area contributed by atoms with Crippen molar-refractivity contribution in [2.24, 2.45) is 5.41 Å². The van der Waals surface area contributed by atoms with Gasteiger partial charge in [0, 0.05) is 24.7 Å². The Balaban J connectivity index is 1.92. The van der Waals surface area contributed by atoms with Gasteiger partial charge in [0.15, 0.2) is 0 Å². The number of hydrogen-bond acceptors (Lipinski definition) is 5. The van der Waals surface area contributed by atoms with Crippen molar-refractivity contribution in [3.05, 3.63) is 17.8 Å². The molecule has 2 fully saturated rings. The lowest BCUT2D eigenvalue weighted by atomic mass is 9.76. The summed E-state index contributed by atoms with van der Waals surface area (Å²) in [5, 5.41) is 19.8. The Bertz CT molecular complexity index is 569. The first-order chi connectivity index (χ1) is 10.2. The van der Waals surface area contributed by atoms with Crippen LogP contribution in [0.4, 0.5) is 5.69 Å². The summed E-state index contributed by atoms with van der Waals surface area (Å²) in [7, 11) is 1.53. The van der Waals surface area contributed by atoms with Gasteiger partial charge in [-0.05, 0) is 31.7 Å². The summed E-state index contributed by atoms with van der Waals surface area (Å²) in [4.78, 5) is 6.33. The number of nitriles is 1. The van der Waals surface area contributed by atoms with Crippen LogP contribution in [0.1, 0.15) is 37.7 Å². The maximum absolute atomic E-state index is 10.4. The molecular weight excluding hydrogens is 266 g/mol. The van der Waals surface area contributed by atoms with Crippen molar-refractivity contribution >= 4 is 5.69 Å². The van der Waals surface area contributed by atoms with E-state index in [1.54, 1.807) is 6.20 Å². The summed E-state index contributed by atoms with van der Waals surface area (Å²) in [6, 6.07) is 4.09. The van der Waals surface area contributed by atoms with Crippen LogP contribution in [0.2, 0.25) is 0 Å². The Labute approximate surface area is 125 Å². The van der Waals surface area contributed by atoms with E-state index >= 15 is 0 Å². The average molecular weight is 287 g/mol. The number of rotatable bonds is 2. The molecule has 2 heterocycles. The first-order valence-corrected chi connectivity index (χ1v) is 7.56. The van der Waals surface area contributed by atoms with E-state index in [-0.39, 0.29) is 11.5 Å². The molecule has 1 aliphatic heterocycles. The fraction of sp³-hybridized carbons (Fsp3) is 0.625. The molecule has 1 saturated carbocycles. The number of anilines is 1. The number of ether oxygens (including phenoxy) is 1. The predicted molar refractivity (Wildman–Crippen MR) is 79.2 cm³/mol. The van der Waals surface area contributed by atoms with Gasteiger partial charge in [0.2, 0.25) is 5.88 Å². The Morgan fingerprint density at radius 2 is 2.29 bits per heavy atom. The van der Waals surface area contributed by atoms with Crippen LogP contribution in [0, 0.1) is 16.7 Å². The van der Waals surface area contributed by atoms with Crippen LogP contribution < -0.4 is 9.64 Å². The van der Waals surface area contributed by atoms with E-state index in [4.69, 9.17) is 4.74 Å². The summed E-state index contributed by atoms with van der Waals surface area (Å²) in [5.41, 5.74) is 1.37. The second-order valence-corrected chi connectivity index (χ2v) is 6.12. The Hall–Kier alpha value is -1.80. The SMILES string of the molecule is COc1nccc(N2CCC[C@]3(CCC[C@H]3O)C2)c1C#N. The Morgan fingerprint density at radius 3 is 2.95 bits per heavy atom. The number of pyridine rings is 1. The average Bonchev–Trinajstić information content (AvgIpc) is 2.86. The Kier molecular flexibility index (Phi) is 3.73. The molecule has 2 atom stereocenters. The van der Waals surface area contributed by atoms with Gasteiger partial charge in [-0.2, -0.15) is 5.26 Å². The second kappa shape index (κ2) is 5.53. The minimum atomic E-state index is -0.213. The molecule has 0 unspecified atom stereocenters. The maximum Gasteiger partial charge on any atom is 0.233 e. The summed E-state index contributed by atoms with van der Waals surface area (Å²) in [6.45, 7) is 1.73. The van der Waals surface area contributed by atoms with Crippen LogP contribution in [-0.2, 0) is 0 Å². The van der Waals surface area contributed by atoms with Crippen LogP contribution in [0.15, 0.2) is 12.3 Å². The minimum absolute atomic E-state index is 0.00147. The van der Waals surface area contributed by atoms with Gasteiger partial charge in [0.1, 0.15) is 11.6 Å². The highest BCUT2D eigenvalue weighted by Gasteiger charge is 2.45. The quantitative estimate of drug-likeness (QED) is 0.902. The molecule has 21 heavy (non-hydrogen) atoms. The fourth-order valence-corrected chi connectivity index (χ4v) is 3.92. The van der Waals surface area contributed by atoms with Crippen molar-refractivity contribution in [2.75, 3.05) is 25.1 Å². The molecule has 0 aromatic carbocycles. The van der Waals surface area contributed by atoms with Gasteiger partial charge in [0.05, 0.1) is 18.9 Å². The van der Waals surface area contributed by atoms with Gasteiger partial charge in [0.25, 0.3) is 0 Å². The number of aliphatic hydroxyl groups excluding tert-OH is 1. The summed E-state index contributed by atoms with van der Waals surface area (Å²) in [6.07, 6.45) is 6.67. The molecule has 0 radical (unpaired) electrons. The van der Waals surface area contributed by atoms with E-state index in [2.05, 4.69) is 16.0 Å². The lowest BCUT2D eigenvalue weighted by Gasteiger charge is -2.43. The van der Waals surface area contributed by atoms with Crippen LogP contribution in [0.25, 0.3) is 0 Å². The molecule has 1 spiro atoms. The zero-order valence-electron chi connectivity index (χ0n) is 12.4. The number of hydrogen-bond donors (Lipinski definition) is 1. The Morgan fingerprint density at radius 1 is 1.48 bits per heavy atom. The molecule has 5 heteroatoms. The van der Waals surface area contributed by atoms with Crippen LogP contribution in [0.5, 0.6) is 5.88 Å². The van der Waals surface area contributed by atoms with E-state index in [1.807, 2.05) is 6.07 Å². The maximum atomic E-state index is 10.4. The third-order valence-electron chi connectivity index (χ3n) is 5.01. The first kappa shape index (κ1) is 14.2. The molecule has 112 valence electrons. The second-order valence-electron chi connectivity index (χ2n) is 6.12. The number of piperidine rings is 1. The first-order valence-electron chi connectivity index (χ1n) is 7.56. The van der Waals surface area contributed by atoms with Crippen molar-refractivity contribution < 1.29 is 9.84 Å². The topological polar surface area (TPSA) is 69.4 Å². The predicted octanol–water partition coefficient (Wildman–Crippen LogP) is 2.09. The highest BCUT2D eigenvalue weighted by Crippen LogP contribution is 2.46. The standard InChI is InChI=1S/C16H21N3O2/c1-21-15-12(10-17)13(5-8-18-15)19-9-3-7-16(11-19)6-2-4-14(16)20/h5,8,14,20H,2-4,6-7,9,11H2,1H3/t14-,16-/m1/s1. The van der Waals surface area contributed by atoms with E-state index in [0.29, 0.717) is 11.4 Å². The molecule has 1 aromatic heterocycles. The molecule has 2 aliphatic rings. The van der Waals surface area contributed by atoms with Crippen molar-refractivity contribution in [3.63, 3.8) is 0 Å². The monoisotopic (exact) mass is 287 g/mol. The smallest absolute Gasteiger partial charge is 0.233 e. The van der Waals surface area contributed by atoms with Gasteiger partial charge in [-0.1, -0.05) is 6.42 Å². The van der Waals surface area contributed by atoms with Crippen LogP contribution in [-0.4, -0.2) is 36.4 Å². The molecule has 0 bridgehead atoms. The molecule has 1 N–H and O–H groups in total. The number of methoxy groups -OCH3 is 1. The highest BCUT2D eigenvalue weighted by molar-refractivity contribution is 5.63. The largest absolute Gasteiger partial charge is 0.480 e. The van der Waals surface area contributed by atoms with Crippen LogP contribution >= 0.6 is 0 Å². The number of nitrogens with zero attached hydrogens (tertiary/aromatic N) is 3. The summed E-state index contributed by atoms with van der Waals surface area (Å²) in [5.74, 6) is 0.376. The van der Waals surface area contributed by atoms with Crippen molar-refractivity contribution in [2.45, 2.75) is 38.2 Å². The van der Waals surface area contributed by atoms with Crippen molar-refractivity contribution in [3.8, 4) is 11.9 Å². The fourth-order valence-electron chi connectivity index (χ4n) is 3.92. The highest BCUT2D eigenvalue weighted by atomic mass is 16.5. The van der Waals surface area contributed by atoms with Crippen molar-refractivity contribution in [1.29, 1.82) is 5.26 Å². The lowest BCUT2D eigenvalue weighted by molar-refractivity contribution is 0.0409. The van der Waals surface area contributed by atoms with E-state index < -0.39 is 0 Å². The van der Waals surface area contributed by atoms with Gasteiger partial charge in [-0.25, -0.2) is 4.98 Å². The molecule has 1 aromatic rings. The normalized spacial score (nSPS) is 28.6. The van der Waals surface area contributed by atoms with Gasteiger partial charge in [-0.3, -0.25) is 0 Å². The molecular formula is C16H21N3O2. The third-order valence-corrected chi connectivity index (χ3v) is 5.01. The van der Waals surface area contributed by atoms with Crippen molar-refractivity contribution in [1.82, 2.24) is 4.98 Å².